The Labute approximate surface area is 237 Å². The Morgan fingerprint density at radius 2 is 1.41 bits per heavy atom. The van der Waals surface area contributed by atoms with Gasteiger partial charge in [-0.15, -0.1) is 0 Å². The molecule has 3 aromatic carbocycles. The van der Waals surface area contributed by atoms with E-state index in [4.69, 9.17) is 25.8 Å². The lowest BCUT2D eigenvalue weighted by Gasteiger charge is -2.28. The summed E-state index contributed by atoms with van der Waals surface area (Å²) in [7, 11) is 3.33. The molecule has 3 aromatic rings. The van der Waals surface area contributed by atoms with E-state index in [-0.39, 0.29) is 11.4 Å². The fourth-order valence-corrected chi connectivity index (χ4v) is 4.80. The summed E-state index contributed by atoms with van der Waals surface area (Å²) in [5.74, 6) is 1.31. The number of methoxy groups -OCH3 is 2. The van der Waals surface area contributed by atoms with Crippen LogP contribution in [0.1, 0.15) is 57.2 Å². The number of rotatable bonds is 10. The van der Waals surface area contributed by atoms with Crippen LogP contribution in [0.4, 0.5) is 5.69 Å². The molecule has 39 heavy (non-hydrogen) atoms. The van der Waals surface area contributed by atoms with E-state index < -0.39 is 5.60 Å². The van der Waals surface area contributed by atoms with E-state index in [0.29, 0.717) is 18.1 Å². The number of esters is 1. The third-order valence-electron chi connectivity index (χ3n) is 6.98. The van der Waals surface area contributed by atoms with E-state index in [9.17, 15) is 4.79 Å². The third-order valence-corrected chi connectivity index (χ3v) is 7.30. The van der Waals surface area contributed by atoms with E-state index >= 15 is 0 Å². The highest BCUT2D eigenvalue weighted by molar-refractivity contribution is 6.33. The summed E-state index contributed by atoms with van der Waals surface area (Å²) in [6, 6.07) is 22.2. The molecule has 0 saturated heterocycles. The average Bonchev–Trinajstić information content (AvgIpc) is 3.65. The number of ether oxygens (including phenoxy) is 3. The number of carbonyl (C=O) groups excluding carboxylic acids is 1. The fraction of sp³-hybridized carbons (Fsp3) is 0.364. The summed E-state index contributed by atoms with van der Waals surface area (Å²) < 4.78 is 16.3. The van der Waals surface area contributed by atoms with Gasteiger partial charge in [0.15, 0.2) is 0 Å². The maximum Gasteiger partial charge on any atom is 0.331 e. The van der Waals surface area contributed by atoms with Crippen LogP contribution in [0, 0.1) is 5.41 Å². The van der Waals surface area contributed by atoms with Crippen LogP contribution in [-0.2, 0) is 22.6 Å². The summed E-state index contributed by atoms with van der Waals surface area (Å²) in [4.78, 5) is 15.1. The van der Waals surface area contributed by atoms with Crippen LogP contribution in [0.25, 0.3) is 5.57 Å². The van der Waals surface area contributed by atoms with Gasteiger partial charge in [-0.3, -0.25) is 0 Å². The Morgan fingerprint density at radius 1 is 0.897 bits per heavy atom. The number of benzene rings is 3. The van der Waals surface area contributed by atoms with Crippen molar-refractivity contribution in [1.29, 1.82) is 0 Å². The number of nitrogens with zero attached hydrogens (tertiary/aromatic N) is 1. The smallest absolute Gasteiger partial charge is 0.331 e. The highest BCUT2D eigenvalue weighted by Gasteiger charge is 2.42. The molecular formula is C33H38ClNO4. The Morgan fingerprint density at radius 3 is 1.85 bits per heavy atom. The first-order chi connectivity index (χ1) is 18.5. The van der Waals surface area contributed by atoms with Gasteiger partial charge in [-0.05, 0) is 97.7 Å². The first kappa shape index (κ1) is 28.6. The molecule has 6 heteroatoms. The number of halogens is 1. The molecule has 0 unspecified atom stereocenters. The molecule has 1 aliphatic rings. The van der Waals surface area contributed by atoms with Crippen molar-refractivity contribution in [2.45, 2.75) is 59.2 Å². The largest absolute Gasteiger partial charge is 0.497 e. The summed E-state index contributed by atoms with van der Waals surface area (Å²) >= 11 is 6.85. The van der Waals surface area contributed by atoms with E-state index in [1.54, 1.807) is 20.3 Å². The average molecular weight is 548 g/mol. The van der Waals surface area contributed by atoms with Crippen LogP contribution in [0.15, 0.2) is 72.8 Å². The molecule has 0 atom stereocenters. The summed E-state index contributed by atoms with van der Waals surface area (Å²) in [5.41, 5.74) is 4.52. The van der Waals surface area contributed by atoms with Gasteiger partial charge in [-0.25, -0.2) is 4.79 Å². The van der Waals surface area contributed by atoms with Gasteiger partial charge in [0, 0.05) is 19.2 Å². The van der Waals surface area contributed by atoms with Crippen molar-refractivity contribution in [3.63, 3.8) is 0 Å². The SMILES string of the molecule is COc1ccc(CN(Cc2ccc(OC)cc2)c2cc(C(=CC(=O)OC(C)(C)C)C3(C)CC3)ccc2Cl)cc1. The van der Waals surface area contributed by atoms with Gasteiger partial charge in [0.1, 0.15) is 17.1 Å². The van der Waals surface area contributed by atoms with Crippen molar-refractivity contribution in [2.75, 3.05) is 19.1 Å². The Balaban J connectivity index is 1.73. The van der Waals surface area contributed by atoms with Gasteiger partial charge >= 0.3 is 5.97 Å². The summed E-state index contributed by atoms with van der Waals surface area (Å²) in [6.45, 7) is 9.13. The maximum atomic E-state index is 12.8. The van der Waals surface area contributed by atoms with Crippen molar-refractivity contribution in [1.82, 2.24) is 0 Å². The number of anilines is 1. The minimum absolute atomic E-state index is 0.0567. The van der Waals surface area contributed by atoms with Gasteiger partial charge in [-0.2, -0.15) is 0 Å². The predicted molar refractivity (Wildman–Crippen MR) is 158 cm³/mol. The summed E-state index contributed by atoms with van der Waals surface area (Å²) in [5, 5.41) is 0.651. The number of hydrogen-bond acceptors (Lipinski definition) is 5. The van der Waals surface area contributed by atoms with Gasteiger partial charge in [-0.1, -0.05) is 48.9 Å². The van der Waals surface area contributed by atoms with Gasteiger partial charge in [0.05, 0.1) is 24.9 Å². The van der Waals surface area contributed by atoms with E-state index in [2.05, 4.69) is 42.2 Å². The van der Waals surface area contributed by atoms with Gasteiger partial charge in [0.2, 0.25) is 0 Å². The molecule has 0 radical (unpaired) electrons. The number of hydrogen-bond donors (Lipinski definition) is 0. The summed E-state index contributed by atoms with van der Waals surface area (Å²) in [6.07, 6.45) is 3.73. The predicted octanol–water partition coefficient (Wildman–Crippen LogP) is 8.09. The second-order valence-corrected chi connectivity index (χ2v) is 11.8. The normalized spacial score (nSPS) is 14.5. The molecule has 5 nitrogen and oxygen atoms in total. The number of carbonyl (C=O) groups is 1. The maximum absolute atomic E-state index is 12.8. The van der Waals surface area contributed by atoms with Gasteiger partial charge in [0.25, 0.3) is 0 Å². The van der Waals surface area contributed by atoms with Crippen LogP contribution in [0.3, 0.4) is 0 Å². The van der Waals surface area contributed by atoms with Crippen molar-refractivity contribution in [3.8, 4) is 11.5 Å². The minimum atomic E-state index is -0.554. The van der Waals surface area contributed by atoms with Crippen LogP contribution in [-0.4, -0.2) is 25.8 Å². The lowest BCUT2D eigenvalue weighted by molar-refractivity contribution is -0.148. The molecule has 4 rings (SSSR count). The number of allylic oxidation sites excluding steroid dienone is 1. The Hall–Kier alpha value is -3.44. The zero-order valence-corrected chi connectivity index (χ0v) is 24.5. The molecular weight excluding hydrogens is 510 g/mol. The lowest BCUT2D eigenvalue weighted by atomic mass is 9.90. The lowest BCUT2D eigenvalue weighted by Crippen LogP contribution is -2.23. The van der Waals surface area contributed by atoms with Crippen LogP contribution in [0.2, 0.25) is 5.02 Å². The van der Waals surface area contributed by atoms with Crippen LogP contribution in [0.5, 0.6) is 11.5 Å². The highest BCUT2D eigenvalue weighted by Crippen LogP contribution is 2.55. The van der Waals surface area contributed by atoms with Crippen molar-refractivity contribution in [3.05, 3.63) is 94.5 Å². The van der Waals surface area contributed by atoms with Crippen molar-refractivity contribution in [2.24, 2.45) is 5.41 Å². The third kappa shape index (κ3) is 7.57. The first-order valence-corrected chi connectivity index (χ1v) is 13.6. The molecule has 1 fully saturated rings. The molecule has 0 aliphatic heterocycles. The minimum Gasteiger partial charge on any atom is -0.497 e. The second-order valence-electron chi connectivity index (χ2n) is 11.4. The zero-order chi connectivity index (χ0) is 28.2. The Bertz CT molecular complexity index is 1270. The standard InChI is InChI=1S/C33H38ClNO4/c1-32(2,3)39-31(36)20-28(33(4)17-18-33)25-11-16-29(34)30(19-25)35(21-23-7-12-26(37-5)13-8-23)22-24-9-14-27(38-6)15-10-24/h7-16,19-20H,17-18,21-22H2,1-6H3. The monoisotopic (exact) mass is 547 g/mol. The Kier molecular flexibility index (Phi) is 8.60. The molecule has 1 aliphatic carbocycles. The zero-order valence-electron chi connectivity index (χ0n) is 23.7. The molecule has 1 saturated carbocycles. The molecule has 0 aromatic heterocycles. The topological polar surface area (TPSA) is 48.0 Å². The fourth-order valence-electron chi connectivity index (χ4n) is 4.56. The second kappa shape index (κ2) is 11.7. The van der Waals surface area contributed by atoms with E-state index in [0.717, 1.165) is 52.3 Å². The molecule has 0 bridgehead atoms. The van der Waals surface area contributed by atoms with E-state index in [1.165, 1.54) is 0 Å². The van der Waals surface area contributed by atoms with E-state index in [1.807, 2.05) is 57.2 Å². The molecule has 0 N–H and O–H groups in total. The first-order valence-electron chi connectivity index (χ1n) is 13.3. The molecule has 0 spiro atoms. The molecule has 206 valence electrons. The van der Waals surface area contributed by atoms with Gasteiger partial charge < -0.3 is 19.1 Å². The van der Waals surface area contributed by atoms with Crippen molar-refractivity contribution < 1.29 is 19.0 Å². The van der Waals surface area contributed by atoms with Crippen LogP contribution < -0.4 is 14.4 Å². The molecule has 0 heterocycles. The molecule has 0 amide bonds. The quantitative estimate of drug-likeness (QED) is 0.189. The van der Waals surface area contributed by atoms with Crippen molar-refractivity contribution >= 4 is 28.8 Å². The van der Waals surface area contributed by atoms with Crippen LogP contribution >= 0.6 is 11.6 Å². The highest BCUT2D eigenvalue weighted by atomic mass is 35.5.